The van der Waals surface area contributed by atoms with Gasteiger partial charge in [0.2, 0.25) is 0 Å². The summed E-state index contributed by atoms with van der Waals surface area (Å²) < 4.78 is 5.88. The van der Waals surface area contributed by atoms with E-state index in [0.29, 0.717) is 0 Å². The molecule has 0 fully saturated rings. The molecule has 0 spiro atoms. The lowest BCUT2D eigenvalue weighted by Gasteiger charge is -2.25. The fraction of sp³-hybridized carbons (Fsp3) is 0.294. The molecular weight excluding hydrogens is 248 g/mol. The van der Waals surface area contributed by atoms with Crippen LogP contribution in [-0.2, 0) is 12.8 Å². The third-order valence-electron chi connectivity index (χ3n) is 3.82. The van der Waals surface area contributed by atoms with Gasteiger partial charge in [-0.3, -0.25) is 11.3 Å². The Morgan fingerprint density at radius 2 is 1.95 bits per heavy atom. The lowest BCUT2D eigenvalue weighted by Crippen LogP contribution is -2.30. The van der Waals surface area contributed by atoms with Crippen LogP contribution in [-0.4, -0.2) is 6.61 Å². The maximum atomic E-state index is 5.88. The Morgan fingerprint density at radius 1 is 1.10 bits per heavy atom. The minimum atomic E-state index is 0.0745. The van der Waals surface area contributed by atoms with Crippen molar-refractivity contribution in [3.05, 3.63) is 65.2 Å². The van der Waals surface area contributed by atoms with Gasteiger partial charge in [-0.1, -0.05) is 48.5 Å². The predicted molar refractivity (Wildman–Crippen MR) is 80.5 cm³/mol. The average Bonchev–Trinajstić information content (AvgIpc) is 2.53. The summed E-state index contributed by atoms with van der Waals surface area (Å²) in [4.78, 5) is 0. The maximum Gasteiger partial charge on any atom is 0.127 e. The van der Waals surface area contributed by atoms with Gasteiger partial charge in [0.15, 0.2) is 0 Å². The highest BCUT2D eigenvalue weighted by Crippen LogP contribution is 2.33. The van der Waals surface area contributed by atoms with Crippen molar-refractivity contribution < 1.29 is 4.74 Å². The lowest BCUT2D eigenvalue weighted by molar-refractivity contribution is 0.281. The Labute approximate surface area is 119 Å². The zero-order valence-electron chi connectivity index (χ0n) is 11.5. The topological polar surface area (TPSA) is 47.3 Å². The molecule has 1 atom stereocenters. The van der Waals surface area contributed by atoms with Gasteiger partial charge in [0.1, 0.15) is 5.75 Å². The van der Waals surface area contributed by atoms with Gasteiger partial charge >= 0.3 is 0 Å². The van der Waals surface area contributed by atoms with E-state index in [-0.39, 0.29) is 6.04 Å². The third-order valence-corrected chi connectivity index (χ3v) is 3.82. The second-order valence-electron chi connectivity index (χ2n) is 5.20. The summed E-state index contributed by atoms with van der Waals surface area (Å²) >= 11 is 0. The van der Waals surface area contributed by atoms with Crippen LogP contribution >= 0.6 is 0 Å². The van der Waals surface area contributed by atoms with Crippen molar-refractivity contribution in [3.63, 3.8) is 0 Å². The van der Waals surface area contributed by atoms with Crippen LogP contribution in [0.1, 0.15) is 29.2 Å². The largest absolute Gasteiger partial charge is 0.493 e. The first kappa shape index (κ1) is 13.2. The first-order valence-corrected chi connectivity index (χ1v) is 7.13. The van der Waals surface area contributed by atoms with E-state index in [1.807, 2.05) is 6.07 Å². The molecule has 0 bridgehead atoms. The zero-order valence-corrected chi connectivity index (χ0v) is 11.5. The van der Waals surface area contributed by atoms with Gasteiger partial charge in [0.05, 0.1) is 12.6 Å². The number of nitrogens with one attached hydrogen (secondary N) is 1. The second-order valence-corrected chi connectivity index (χ2v) is 5.20. The summed E-state index contributed by atoms with van der Waals surface area (Å²) in [6, 6.07) is 16.8. The number of benzene rings is 2. The third kappa shape index (κ3) is 2.69. The Morgan fingerprint density at radius 3 is 2.75 bits per heavy atom. The van der Waals surface area contributed by atoms with Gasteiger partial charge in [-0.05, 0) is 30.4 Å². The van der Waals surface area contributed by atoms with Crippen molar-refractivity contribution in [3.8, 4) is 5.75 Å². The molecule has 1 heterocycles. The summed E-state index contributed by atoms with van der Waals surface area (Å²) in [5.41, 5.74) is 6.66. The highest BCUT2D eigenvalue weighted by molar-refractivity contribution is 5.45. The molecule has 0 aliphatic carbocycles. The number of rotatable bonds is 4. The molecule has 1 aliphatic heterocycles. The number of ether oxygens (including phenoxy) is 1. The Balaban J connectivity index is 1.90. The maximum absolute atomic E-state index is 5.88. The van der Waals surface area contributed by atoms with E-state index in [0.717, 1.165) is 37.2 Å². The number of para-hydroxylation sites is 1. The molecule has 3 rings (SSSR count). The van der Waals surface area contributed by atoms with Crippen molar-refractivity contribution in [2.24, 2.45) is 5.84 Å². The average molecular weight is 268 g/mol. The molecule has 2 aromatic rings. The molecule has 0 radical (unpaired) electrons. The first-order chi connectivity index (χ1) is 9.88. The Bertz CT molecular complexity index is 568. The van der Waals surface area contributed by atoms with E-state index in [2.05, 4.69) is 47.9 Å². The SMILES string of the molecule is NNC(Cc1ccccc1)c1cccc2c1OCCC2. The molecular formula is C17H20N2O. The van der Waals surface area contributed by atoms with E-state index in [9.17, 15) is 0 Å². The molecule has 3 N–H and O–H groups in total. The van der Waals surface area contributed by atoms with Gasteiger partial charge in [0.25, 0.3) is 0 Å². The summed E-state index contributed by atoms with van der Waals surface area (Å²) in [5, 5.41) is 0. The molecule has 3 heteroatoms. The molecule has 104 valence electrons. The zero-order chi connectivity index (χ0) is 13.8. The molecule has 2 aromatic carbocycles. The van der Waals surface area contributed by atoms with Crippen LogP contribution in [0.3, 0.4) is 0 Å². The molecule has 20 heavy (non-hydrogen) atoms. The van der Waals surface area contributed by atoms with Crippen molar-refractivity contribution in [1.82, 2.24) is 5.43 Å². The van der Waals surface area contributed by atoms with Crippen molar-refractivity contribution >= 4 is 0 Å². The van der Waals surface area contributed by atoms with Crippen LogP contribution in [0.25, 0.3) is 0 Å². The molecule has 3 nitrogen and oxygen atoms in total. The molecule has 0 amide bonds. The number of hydrogen-bond donors (Lipinski definition) is 2. The van der Waals surface area contributed by atoms with Crippen LogP contribution in [0.4, 0.5) is 0 Å². The monoisotopic (exact) mass is 268 g/mol. The predicted octanol–water partition coefficient (Wildman–Crippen LogP) is 2.76. The number of hydrazine groups is 1. The highest BCUT2D eigenvalue weighted by atomic mass is 16.5. The van der Waals surface area contributed by atoms with E-state index in [1.54, 1.807) is 0 Å². The molecule has 1 aliphatic rings. The lowest BCUT2D eigenvalue weighted by atomic mass is 9.94. The second kappa shape index (κ2) is 6.07. The van der Waals surface area contributed by atoms with Crippen LogP contribution in [0, 0.1) is 0 Å². The minimum absolute atomic E-state index is 0.0745. The number of fused-ring (bicyclic) bond motifs is 1. The minimum Gasteiger partial charge on any atom is -0.493 e. The summed E-state index contributed by atoms with van der Waals surface area (Å²) in [5.74, 6) is 6.81. The van der Waals surface area contributed by atoms with Crippen LogP contribution in [0.2, 0.25) is 0 Å². The number of aryl methyl sites for hydroxylation is 1. The van der Waals surface area contributed by atoms with Crippen molar-refractivity contribution in [1.29, 1.82) is 0 Å². The molecule has 0 saturated carbocycles. The smallest absolute Gasteiger partial charge is 0.127 e. The van der Waals surface area contributed by atoms with Gasteiger partial charge in [-0.25, -0.2) is 0 Å². The van der Waals surface area contributed by atoms with Gasteiger partial charge in [0, 0.05) is 5.56 Å². The first-order valence-electron chi connectivity index (χ1n) is 7.13. The molecule has 1 unspecified atom stereocenters. The Hall–Kier alpha value is -1.84. The normalized spacial score (nSPS) is 15.2. The van der Waals surface area contributed by atoms with Crippen LogP contribution in [0.5, 0.6) is 5.75 Å². The number of hydrogen-bond acceptors (Lipinski definition) is 3. The van der Waals surface area contributed by atoms with E-state index < -0.39 is 0 Å². The number of nitrogens with two attached hydrogens (primary N) is 1. The Kier molecular flexibility index (Phi) is 4.00. The van der Waals surface area contributed by atoms with Gasteiger partial charge in [-0.2, -0.15) is 0 Å². The highest BCUT2D eigenvalue weighted by Gasteiger charge is 2.20. The van der Waals surface area contributed by atoms with E-state index in [4.69, 9.17) is 10.6 Å². The van der Waals surface area contributed by atoms with Crippen molar-refractivity contribution in [2.75, 3.05) is 6.61 Å². The molecule has 0 saturated heterocycles. The fourth-order valence-corrected chi connectivity index (χ4v) is 2.80. The van der Waals surface area contributed by atoms with Gasteiger partial charge in [-0.15, -0.1) is 0 Å². The van der Waals surface area contributed by atoms with Gasteiger partial charge < -0.3 is 4.74 Å². The van der Waals surface area contributed by atoms with E-state index in [1.165, 1.54) is 11.1 Å². The van der Waals surface area contributed by atoms with Crippen molar-refractivity contribution in [2.45, 2.75) is 25.3 Å². The fourth-order valence-electron chi connectivity index (χ4n) is 2.80. The summed E-state index contributed by atoms with van der Waals surface area (Å²) in [6.45, 7) is 0.798. The van der Waals surface area contributed by atoms with Crippen LogP contribution in [0.15, 0.2) is 48.5 Å². The standard InChI is InChI=1S/C17H20N2O/c18-19-16(12-13-6-2-1-3-7-13)15-10-4-8-14-9-5-11-20-17(14)15/h1-4,6-8,10,16,19H,5,9,11-12,18H2. The quantitative estimate of drug-likeness (QED) is 0.662. The van der Waals surface area contributed by atoms with Crippen LogP contribution < -0.4 is 16.0 Å². The summed E-state index contributed by atoms with van der Waals surface area (Å²) in [6.07, 6.45) is 3.04. The van der Waals surface area contributed by atoms with E-state index >= 15 is 0 Å². The summed E-state index contributed by atoms with van der Waals surface area (Å²) in [7, 11) is 0. The molecule has 0 aromatic heterocycles.